The molecular weight excluding hydrogens is 439 g/mol. The summed E-state index contributed by atoms with van der Waals surface area (Å²) in [6, 6.07) is 19.8. The number of hydrogen-bond acceptors (Lipinski definition) is 1. The van der Waals surface area contributed by atoms with Gasteiger partial charge in [0.05, 0.1) is 5.69 Å². The summed E-state index contributed by atoms with van der Waals surface area (Å²) in [7, 11) is 0. The van der Waals surface area contributed by atoms with Crippen molar-refractivity contribution in [3.05, 3.63) is 71.5 Å². The fraction of sp³-hybridized carbons (Fsp3) is 0.167. The minimum Gasteiger partial charge on any atom is -0.262 e. The van der Waals surface area contributed by atoms with Gasteiger partial charge in [-0.1, -0.05) is 37.3 Å². The molecule has 1 aromatic heterocycles. The molecular formula is C18H17N2Pt-. The van der Waals surface area contributed by atoms with Crippen LogP contribution in [0.5, 0.6) is 0 Å². The van der Waals surface area contributed by atoms with Crippen molar-refractivity contribution in [2.24, 2.45) is 0 Å². The molecule has 0 bridgehead atoms. The van der Waals surface area contributed by atoms with E-state index in [9.17, 15) is 0 Å². The molecule has 0 aliphatic carbocycles. The molecule has 0 N–H and O–H groups in total. The Kier molecular flexibility index (Phi) is 4.80. The molecule has 0 saturated heterocycles. The summed E-state index contributed by atoms with van der Waals surface area (Å²) in [5, 5.41) is 4.68. The Balaban J connectivity index is 0.00000161. The van der Waals surface area contributed by atoms with Crippen molar-refractivity contribution < 1.29 is 21.1 Å². The number of rotatable bonds is 2. The maximum Gasteiger partial charge on any atom is 0.0678 e. The maximum absolute atomic E-state index is 4.68. The van der Waals surface area contributed by atoms with Crippen LogP contribution in [-0.4, -0.2) is 9.78 Å². The summed E-state index contributed by atoms with van der Waals surface area (Å²) in [5.41, 5.74) is 6.82. The van der Waals surface area contributed by atoms with Gasteiger partial charge in [-0.15, -0.1) is 6.07 Å². The van der Waals surface area contributed by atoms with Crippen LogP contribution >= 0.6 is 0 Å². The summed E-state index contributed by atoms with van der Waals surface area (Å²) in [4.78, 5) is 0. The van der Waals surface area contributed by atoms with E-state index in [1.165, 1.54) is 16.7 Å². The van der Waals surface area contributed by atoms with Crippen molar-refractivity contribution in [1.29, 1.82) is 0 Å². The van der Waals surface area contributed by atoms with Crippen LogP contribution in [0.1, 0.15) is 17.0 Å². The van der Waals surface area contributed by atoms with Crippen molar-refractivity contribution >= 4 is 0 Å². The average Bonchev–Trinajstić information content (AvgIpc) is 2.75. The molecule has 0 atom stereocenters. The molecule has 0 radical (unpaired) electrons. The quantitative estimate of drug-likeness (QED) is 0.527. The zero-order chi connectivity index (χ0) is 14.1. The van der Waals surface area contributed by atoms with Crippen molar-refractivity contribution in [1.82, 2.24) is 9.78 Å². The Morgan fingerprint density at radius 1 is 1.00 bits per heavy atom. The molecule has 2 nitrogen and oxygen atoms in total. The van der Waals surface area contributed by atoms with Crippen molar-refractivity contribution in [2.45, 2.75) is 20.8 Å². The van der Waals surface area contributed by atoms with Gasteiger partial charge in [-0.3, -0.25) is 4.68 Å². The molecule has 0 amide bonds. The van der Waals surface area contributed by atoms with Gasteiger partial charge in [0.15, 0.2) is 0 Å². The second-order valence-electron chi connectivity index (χ2n) is 5.07. The van der Waals surface area contributed by atoms with Gasteiger partial charge in [-0.25, -0.2) is 0 Å². The maximum atomic E-state index is 4.68. The largest absolute Gasteiger partial charge is 0.262 e. The molecule has 3 heteroatoms. The zero-order valence-corrected chi connectivity index (χ0v) is 14.6. The third kappa shape index (κ3) is 3.01. The molecule has 0 saturated carbocycles. The first-order chi connectivity index (χ1) is 9.66. The Hall–Kier alpha value is -1.66. The Morgan fingerprint density at radius 2 is 1.71 bits per heavy atom. The second-order valence-corrected chi connectivity index (χ2v) is 5.07. The fourth-order valence-electron chi connectivity index (χ4n) is 2.59. The van der Waals surface area contributed by atoms with E-state index in [-0.39, 0.29) is 21.1 Å². The molecule has 1 heterocycles. The van der Waals surface area contributed by atoms with Gasteiger partial charge in [0.2, 0.25) is 0 Å². The first-order valence-corrected chi connectivity index (χ1v) is 6.77. The van der Waals surface area contributed by atoms with Crippen LogP contribution in [0, 0.1) is 26.8 Å². The molecule has 0 aliphatic heterocycles. The van der Waals surface area contributed by atoms with E-state index >= 15 is 0 Å². The molecule has 110 valence electrons. The van der Waals surface area contributed by atoms with Gasteiger partial charge >= 0.3 is 0 Å². The first-order valence-electron chi connectivity index (χ1n) is 6.77. The summed E-state index contributed by atoms with van der Waals surface area (Å²) in [6.45, 7) is 6.25. The topological polar surface area (TPSA) is 17.8 Å². The average molecular weight is 456 g/mol. The molecule has 0 unspecified atom stereocenters. The molecule has 0 spiro atoms. The normalized spacial score (nSPS) is 10.2. The second kappa shape index (κ2) is 6.40. The van der Waals surface area contributed by atoms with E-state index in [1.807, 2.05) is 22.9 Å². The smallest absolute Gasteiger partial charge is 0.0678 e. The molecule has 3 rings (SSSR count). The standard InChI is InChI=1S/C18H17N2.Pt/c1-13-8-7-11-17(12-13)20-15(3)18(14(2)19-20)16-9-5-4-6-10-16;/h4-10,12H,1-3H3;/q-1;. The summed E-state index contributed by atoms with van der Waals surface area (Å²) < 4.78 is 1.98. The number of hydrogen-bond donors (Lipinski definition) is 0. The predicted octanol–water partition coefficient (Wildman–Crippen LogP) is 4.26. The Labute approximate surface area is 140 Å². The van der Waals surface area contributed by atoms with Crippen LogP contribution in [-0.2, 0) is 21.1 Å². The van der Waals surface area contributed by atoms with E-state index < -0.39 is 0 Å². The summed E-state index contributed by atoms with van der Waals surface area (Å²) >= 11 is 0. The molecule has 0 fully saturated rings. The number of nitrogens with zero attached hydrogens (tertiary/aromatic N) is 2. The molecule has 2 aromatic carbocycles. The summed E-state index contributed by atoms with van der Waals surface area (Å²) in [5.74, 6) is 0. The van der Waals surface area contributed by atoms with Gasteiger partial charge < -0.3 is 0 Å². The van der Waals surface area contributed by atoms with Crippen LogP contribution in [0.4, 0.5) is 0 Å². The van der Waals surface area contributed by atoms with Crippen molar-refractivity contribution in [3.63, 3.8) is 0 Å². The summed E-state index contributed by atoms with van der Waals surface area (Å²) in [6.07, 6.45) is 0. The van der Waals surface area contributed by atoms with Gasteiger partial charge in [0.1, 0.15) is 0 Å². The van der Waals surface area contributed by atoms with Crippen LogP contribution in [0.25, 0.3) is 16.8 Å². The van der Waals surface area contributed by atoms with E-state index in [0.29, 0.717) is 0 Å². The van der Waals surface area contributed by atoms with Crippen LogP contribution in [0.3, 0.4) is 0 Å². The van der Waals surface area contributed by atoms with E-state index in [0.717, 1.165) is 17.1 Å². The number of benzene rings is 2. The molecule has 21 heavy (non-hydrogen) atoms. The van der Waals surface area contributed by atoms with E-state index in [1.54, 1.807) is 0 Å². The van der Waals surface area contributed by atoms with Gasteiger partial charge in [0, 0.05) is 32.3 Å². The zero-order valence-electron chi connectivity index (χ0n) is 12.3. The van der Waals surface area contributed by atoms with Gasteiger partial charge in [-0.2, -0.15) is 28.9 Å². The van der Waals surface area contributed by atoms with Gasteiger partial charge in [0.25, 0.3) is 0 Å². The molecule has 0 aliphatic rings. The third-order valence-electron chi connectivity index (χ3n) is 3.52. The monoisotopic (exact) mass is 456 g/mol. The molecule has 3 aromatic rings. The first kappa shape index (κ1) is 15.7. The number of aromatic nitrogens is 2. The van der Waals surface area contributed by atoms with E-state index in [4.69, 9.17) is 0 Å². The van der Waals surface area contributed by atoms with Gasteiger partial charge in [-0.05, 0) is 25.1 Å². The fourth-order valence-corrected chi connectivity index (χ4v) is 2.59. The minimum absolute atomic E-state index is 0. The van der Waals surface area contributed by atoms with Crippen molar-refractivity contribution in [2.75, 3.05) is 0 Å². The third-order valence-corrected chi connectivity index (χ3v) is 3.52. The van der Waals surface area contributed by atoms with Crippen LogP contribution in [0.2, 0.25) is 0 Å². The SMILES string of the molecule is Cc1cc[c-]c(-n2nc(C)c(-c3ccccc3)c2C)c1.[Pt]. The van der Waals surface area contributed by atoms with Crippen molar-refractivity contribution in [3.8, 4) is 16.8 Å². The number of aryl methyl sites for hydroxylation is 2. The predicted molar refractivity (Wildman–Crippen MR) is 82.0 cm³/mol. The minimum atomic E-state index is 0. The van der Waals surface area contributed by atoms with Crippen LogP contribution in [0.15, 0.2) is 48.5 Å². The van der Waals surface area contributed by atoms with E-state index in [2.05, 4.69) is 62.3 Å². The van der Waals surface area contributed by atoms with Crippen LogP contribution < -0.4 is 0 Å². The Morgan fingerprint density at radius 3 is 2.38 bits per heavy atom. The Bertz CT molecular complexity index is 745.